The molecule has 5 aromatic heterocycles. The van der Waals surface area contributed by atoms with Crippen LogP contribution in [-0.4, -0.2) is 17.8 Å². The Hall–Kier alpha value is -5.30. The summed E-state index contributed by atoms with van der Waals surface area (Å²) in [4.78, 5) is 8.69. The molecule has 84 heavy (non-hydrogen) atoms. The van der Waals surface area contributed by atoms with Crippen LogP contribution in [0.2, 0.25) is 0 Å². The summed E-state index contributed by atoms with van der Waals surface area (Å²) < 4.78 is 8.29. The average Bonchev–Trinajstić information content (AvgIpc) is 2.21. The number of thioether (sulfide) groups is 3. The van der Waals surface area contributed by atoms with Gasteiger partial charge >= 0.3 is 0 Å². The number of benzene rings is 4. The molecule has 0 N–H and O–H groups in total. The van der Waals surface area contributed by atoms with Crippen molar-refractivity contribution in [2.45, 2.75) is 88.0 Å². The molecule has 0 spiro atoms. The van der Waals surface area contributed by atoms with E-state index in [1.165, 1.54) is 103 Å². The lowest BCUT2D eigenvalue weighted by Gasteiger charge is -1.98. The van der Waals surface area contributed by atoms with Gasteiger partial charge in [-0.1, -0.05) is 247 Å². The highest BCUT2D eigenvalue weighted by molar-refractivity contribution is 8.03. The van der Waals surface area contributed by atoms with Gasteiger partial charge in [0.25, 0.3) is 0 Å². The maximum absolute atomic E-state index is 4.07. The molecule has 0 aliphatic carbocycles. The number of fused-ring (bicyclic) bond motifs is 4. The van der Waals surface area contributed by atoms with E-state index in [2.05, 4.69) is 263 Å². The maximum atomic E-state index is 4.07. The van der Waals surface area contributed by atoms with Gasteiger partial charge < -0.3 is 0 Å². The summed E-state index contributed by atoms with van der Waals surface area (Å²) in [5.41, 5.74) is 11.3. The smallest absolute Gasteiger partial charge is 0.0635 e. The van der Waals surface area contributed by atoms with E-state index in [-0.39, 0.29) is 0 Å². The normalized spacial score (nSPS) is 11.2. The predicted molar refractivity (Wildman–Crippen MR) is 411 cm³/mol. The number of hydrogen-bond acceptors (Lipinski definition) is 9. The first-order chi connectivity index (χ1) is 40.8. The minimum Gasteiger partial charge on any atom is -0.183 e. The number of thiophene rings is 5. The summed E-state index contributed by atoms with van der Waals surface area (Å²) in [6.07, 6.45) is 31.2. The fraction of sp³-hybridized carbons (Fsp3) is 0.200. The van der Waals surface area contributed by atoms with Crippen molar-refractivity contribution in [1.82, 2.24) is 0 Å². The zero-order valence-corrected chi connectivity index (χ0v) is 59.0. The van der Waals surface area contributed by atoms with E-state index in [1.807, 2.05) is 116 Å². The lowest BCUT2D eigenvalue weighted by molar-refractivity contribution is 1.46. The molecule has 9 aromatic rings. The standard InChI is InChI=1S/C36H26S6.C16H20S.C15H18S.C3H6.2C2H6.CH4S/c1-4-29-33(37-18-17-25-11-7-23(3)8-12-25)34-30(41-29)20-27(38-34)15-16-28-21-32-36(40-28)35-31(42-32)19-26(39-35)14-13-24-9-5-22(2)6-10-24;1-5-17-15(4)12-14(3)8-11-16-9-6-13(2)7-10-16;1-4-16-14(3)7-5-6-8-15-11-9-13(2)10-12-15;1-3-2;3*1-2/h4-21H,1H2,2-3H3;6-12H,4-5H2,1-3H3;5-12H,3-4H2,1-2H3;3H,1H2,2H3;2*1-2H3;2H,1H3/b14-13+,16-15+,18-17+;11-8+,14-12+;7-5+,8-6+;;;;. The minimum atomic E-state index is 1.07. The molecule has 4 aromatic carbocycles. The van der Waals surface area contributed by atoms with E-state index in [4.69, 9.17) is 0 Å². The van der Waals surface area contributed by atoms with Crippen molar-refractivity contribution < 1.29 is 0 Å². The molecule has 0 aliphatic heterocycles. The minimum absolute atomic E-state index is 1.07. The van der Waals surface area contributed by atoms with Crippen molar-refractivity contribution in [2.75, 3.05) is 17.8 Å². The van der Waals surface area contributed by atoms with Crippen molar-refractivity contribution in [1.29, 1.82) is 0 Å². The highest BCUT2D eigenvalue weighted by Gasteiger charge is 2.15. The van der Waals surface area contributed by atoms with Gasteiger partial charge in [-0.3, -0.25) is 0 Å². The molecular formula is C75H86S9. The lowest BCUT2D eigenvalue weighted by Crippen LogP contribution is -1.76. The summed E-state index contributed by atoms with van der Waals surface area (Å²) in [7, 11) is 0. The highest BCUT2D eigenvalue weighted by Crippen LogP contribution is 2.46. The predicted octanol–water partition coefficient (Wildman–Crippen LogP) is 27.7. The van der Waals surface area contributed by atoms with Gasteiger partial charge in [-0.25, -0.2) is 0 Å². The van der Waals surface area contributed by atoms with Crippen molar-refractivity contribution >= 4 is 181 Å². The molecule has 0 saturated heterocycles. The fourth-order valence-corrected chi connectivity index (χ4v) is 15.9. The van der Waals surface area contributed by atoms with E-state index in [1.54, 1.807) is 47.6 Å². The number of allylic oxidation sites excluding steroid dienone is 7. The Morgan fingerprint density at radius 2 is 0.857 bits per heavy atom. The third-order valence-electron chi connectivity index (χ3n) is 11.3. The molecule has 440 valence electrons. The van der Waals surface area contributed by atoms with E-state index in [0.717, 1.165) is 21.3 Å². The quantitative estimate of drug-likeness (QED) is 0.0394. The van der Waals surface area contributed by atoms with E-state index >= 15 is 0 Å². The third-order valence-corrected chi connectivity index (χ3v) is 20.1. The molecule has 0 amide bonds. The molecule has 0 fully saturated rings. The Balaban J connectivity index is 0.000000364. The molecule has 0 unspecified atom stereocenters. The fourth-order valence-electron chi connectivity index (χ4n) is 7.32. The SMILES string of the molecule is C=C(/C=C(C)/C=C/c1ccc(C)cc1)SCC.C=C(/C=C/C=C/c1ccc(C)cc1)SCC.C=CC.C=Cc1sc2cc(/C=C/c3cc4sc5cc(/C=C/c6ccc(C)cc6)sc5c4s3)sc2c1S/C=C/c1ccc(C)cc1.CC.CC.CS. The van der Waals surface area contributed by atoms with Crippen LogP contribution in [0, 0.1) is 27.7 Å². The van der Waals surface area contributed by atoms with Crippen LogP contribution in [0.15, 0.2) is 204 Å². The largest absolute Gasteiger partial charge is 0.183 e. The van der Waals surface area contributed by atoms with Crippen molar-refractivity contribution in [3.63, 3.8) is 0 Å². The maximum Gasteiger partial charge on any atom is 0.0635 e. The number of thiol groups is 1. The van der Waals surface area contributed by atoms with Gasteiger partial charge in [-0.2, -0.15) is 12.6 Å². The molecule has 0 nitrogen and oxygen atoms in total. The Morgan fingerprint density at radius 3 is 1.30 bits per heavy atom. The second-order valence-electron chi connectivity index (χ2n) is 18.0. The van der Waals surface area contributed by atoms with Gasteiger partial charge in [0.05, 0.1) is 14.1 Å². The number of aryl methyl sites for hydroxylation is 4. The molecule has 9 rings (SSSR count). The molecule has 0 aliphatic rings. The van der Waals surface area contributed by atoms with Gasteiger partial charge in [0.1, 0.15) is 0 Å². The van der Waals surface area contributed by atoms with Gasteiger partial charge in [0, 0.05) is 43.4 Å². The second kappa shape index (κ2) is 41.7. The Bertz CT molecular complexity index is 3600. The molecule has 0 bridgehead atoms. The average molecular weight is 1280 g/mol. The summed E-state index contributed by atoms with van der Waals surface area (Å²) in [5, 5.41) is 2.20. The van der Waals surface area contributed by atoms with E-state index in [0.29, 0.717) is 0 Å². The van der Waals surface area contributed by atoms with Crippen LogP contribution in [0.5, 0.6) is 0 Å². The topological polar surface area (TPSA) is 0 Å². The lowest BCUT2D eigenvalue weighted by atomic mass is 10.1. The molecule has 5 heterocycles. The summed E-state index contributed by atoms with van der Waals surface area (Å²) in [5.74, 6) is 2.15. The van der Waals surface area contributed by atoms with Crippen molar-refractivity contribution in [3.8, 4) is 0 Å². The third kappa shape index (κ3) is 25.7. The van der Waals surface area contributed by atoms with Crippen LogP contribution in [0.25, 0.3) is 76.8 Å². The molecular weight excluding hydrogens is 1190 g/mol. The summed E-state index contributed by atoms with van der Waals surface area (Å²) >= 11 is 18.3. The zero-order valence-electron chi connectivity index (χ0n) is 51.6. The van der Waals surface area contributed by atoms with Gasteiger partial charge in [-0.15, -0.1) is 86.8 Å². The Morgan fingerprint density at radius 1 is 0.476 bits per heavy atom. The van der Waals surface area contributed by atoms with Gasteiger partial charge in [0.15, 0.2) is 0 Å². The highest BCUT2D eigenvalue weighted by atomic mass is 32.2. The van der Waals surface area contributed by atoms with Gasteiger partial charge in [0.2, 0.25) is 0 Å². The second-order valence-corrected chi connectivity index (χ2v) is 27.1. The Labute approximate surface area is 544 Å². The first kappa shape index (κ1) is 73.0. The first-order valence-corrected chi connectivity index (χ1v) is 36.1. The van der Waals surface area contributed by atoms with Crippen LogP contribution >= 0.6 is 105 Å². The Kier molecular flexibility index (Phi) is 36.2. The molecule has 0 atom stereocenters. The number of hydrogen-bond donors (Lipinski definition) is 1. The van der Waals surface area contributed by atoms with Crippen LogP contribution in [0.4, 0.5) is 0 Å². The van der Waals surface area contributed by atoms with Crippen LogP contribution in [-0.2, 0) is 0 Å². The van der Waals surface area contributed by atoms with Crippen LogP contribution < -0.4 is 0 Å². The summed E-state index contributed by atoms with van der Waals surface area (Å²) in [6.45, 7) is 40.1. The molecule has 9 heteroatoms. The van der Waals surface area contributed by atoms with Crippen molar-refractivity contribution in [2.24, 2.45) is 0 Å². The van der Waals surface area contributed by atoms with Crippen molar-refractivity contribution in [3.05, 3.63) is 263 Å². The zero-order chi connectivity index (χ0) is 61.8. The monoisotopic (exact) mass is 1270 g/mol. The van der Waals surface area contributed by atoms with Crippen LogP contribution in [0.3, 0.4) is 0 Å². The molecule has 0 saturated carbocycles. The number of rotatable bonds is 18. The summed E-state index contributed by atoms with van der Waals surface area (Å²) in [6, 6.07) is 41.3. The van der Waals surface area contributed by atoms with Crippen LogP contribution in [0.1, 0.15) is 119 Å². The van der Waals surface area contributed by atoms with Gasteiger partial charge in [-0.05, 0) is 147 Å². The van der Waals surface area contributed by atoms with E-state index < -0.39 is 0 Å². The van der Waals surface area contributed by atoms with E-state index in [9.17, 15) is 0 Å². The molecule has 0 radical (unpaired) electrons. The first-order valence-electron chi connectivity index (χ1n) is 28.2.